The van der Waals surface area contributed by atoms with Crippen LogP contribution < -0.4 is 5.09 Å². The Balaban J connectivity index is 3.17. The van der Waals surface area contributed by atoms with Crippen molar-refractivity contribution in [3.8, 4) is 0 Å². The lowest BCUT2D eigenvalue weighted by Gasteiger charge is -2.15. The summed E-state index contributed by atoms with van der Waals surface area (Å²) < 4.78 is 0. The number of rotatable bonds is 1. The molecule has 0 rings (SSSR count). The molecule has 0 radical (unpaired) electrons. The highest BCUT2D eigenvalue weighted by Crippen LogP contribution is 2.37. The first kappa shape index (κ1) is 6.45. The molecule has 0 atom stereocenters. The molecule has 1 nitrogen and oxygen atoms in total. The molecule has 0 fully saturated rings. The maximum atomic E-state index is 3.33. The minimum absolute atomic E-state index is 0.397. The molecule has 0 aromatic rings. The fourth-order valence-electron chi connectivity index (χ4n) is 0. The lowest BCUT2D eigenvalue weighted by molar-refractivity contribution is 1.26. The molecule has 0 amide bonds. The second-order valence-electron chi connectivity index (χ2n) is 1.12. The second kappa shape index (κ2) is 1.95. The van der Waals surface area contributed by atoms with Gasteiger partial charge in [-0.15, -0.1) is 0 Å². The molecular weight excluding hydrogens is 91.8 g/mol. The van der Waals surface area contributed by atoms with Gasteiger partial charge in [0.1, 0.15) is 7.57 Å². The summed E-state index contributed by atoms with van der Waals surface area (Å²) in [5.74, 6) is 0. The van der Waals surface area contributed by atoms with Crippen LogP contribution in [0.2, 0.25) is 0 Å². The minimum Gasteiger partial charge on any atom is -0.240 e. The zero-order valence-electron chi connectivity index (χ0n) is 3.95. The SMILES string of the molecule is [BH3-][P+](C)(C)NC. The molecule has 0 unspecified atom stereocenters. The maximum absolute atomic E-state index is 3.33. The summed E-state index contributed by atoms with van der Waals surface area (Å²) in [5, 5.41) is 3.33. The summed E-state index contributed by atoms with van der Waals surface area (Å²) in [5.41, 5.74) is 0. The first-order valence-electron chi connectivity index (χ1n) is 1.62. The minimum atomic E-state index is -0.397. The van der Waals surface area contributed by atoms with Gasteiger partial charge in [-0.25, -0.2) is 5.09 Å². The third-order valence-corrected chi connectivity index (χ3v) is 1.34. The molecule has 3 heteroatoms. The average molecular weight is 105 g/mol. The molecule has 0 aliphatic rings. The van der Waals surface area contributed by atoms with E-state index >= 15 is 0 Å². The molecule has 1 N–H and O–H groups in total. The predicted octanol–water partition coefficient (Wildman–Crippen LogP) is -0.322. The molecule has 0 bridgehead atoms. The Bertz CT molecular complexity index is 40.5. The number of nitrogens with one attached hydrogen (secondary N) is 1. The van der Waals surface area contributed by atoms with Gasteiger partial charge in [0.2, 0.25) is 0 Å². The summed E-state index contributed by atoms with van der Waals surface area (Å²) in [4.78, 5) is 0. The molecule has 38 valence electrons. The van der Waals surface area contributed by atoms with E-state index in [0.29, 0.717) is 7.57 Å². The summed E-state index contributed by atoms with van der Waals surface area (Å²) in [6.45, 7) is 4.71. The fourth-order valence-corrected chi connectivity index (χ4v) is 0. The van der Waals surface area contributed by atoms with Crippen LogP contribution in [0.4, 0.5) is 0 Å². The van der Waals surface area contributed by atoms with Gasteiger partial charge in [0.05, 0.1) is 0 Å². The topological polar surface area (TPSA) is 12.0 Å². The highest BCUT2D eigenvalue weighted by Gasteiger charge is 2.01. The van der Waals surface area contributed by atoms with Crippen LogP contribution in [0.25, 0.3) is 0 Å². The molecule has 0 spiro atoms. The van der Waals surface area contributed by atoms with E-state index in [0.717, 1.165) is 0 Å². The molecule has 6 heavy (non-hydrogen) atoms. The molecule has 0 aromatic heterocycles. The van der Waals surface area contributed by atoms with Crippen molar-refractivity contribution in [2.75, 3.05) is 20.4 Å². The smallest absolute Gasteiger partial charge is 0.144 e. The lowest BCUT2D eigenvalue weighted by Crippen LogP contribution is -2.05. The highest BCUT2D eigenvalue weighted by atomic mass is 31.2. The van der Waals surface area contributed by atoms with Gasteiger partial charge in [-0.05, 0) is 0 Å². The van der Waals surface area contributed by atoms with Crippen LogP contribution in [-0.4, -0.2) is 27.9 Å². The van der Waals surface area contributed by atoms with Crippen molar-refractivity contribution in [3.63, 3.8) is 0 Å². The van der Waals surface area contributed by atoms with E-state index in [4.69, 9.17) is 0 Å². The van der Waals surface area contributed by atoms with Crippen molar-refractivity contribution in [3.05, 3.63) is 0 Å². The Hall–Kier alpha value is 0.455. The van der Waals surface area contributed by atoms with Crippen LogP contribution >= 0.6 is 7.29 Å². The molecule has 0 aliphatic heterocycles. The Labute approximate surface area is 41.3 Å². The lowest BCUT2D eigenvalue weighted by atomic mass is 10.8. The van der Waals surface area contributed by atoms with Crippen molar-refractivity contribution in [2.45, 2.75) is 0 Å². The largest absolute Gasteiger partial charge is 0.240 e. The third kappa shape index (κ3) is 4.45. The van der Waals surface area contributed by atoms with Crippen molar-refractivity contribution in [2.24, 2.45) is 0 Å². The Morgan fingerprint density at radius 3 is 1.67 bits per heavy atom. The van der Waals surface area contributed by atoms with Crippen LogP contribution in [0.15, 0.2) is 0 Å². The van der Waals surface area contributed by atoms with Gasteiger partial charge in [-0.2, -0.15) is 0 Å². The van der Waals surface area contributed by atoms with Gasteiger partial charge in [-0.1, -0.05) is 7.29 Å². The fraction of sp³-hybridized carbons (Fsp3) is 1.00. The second-order valence-corrected chi connectivity index (χ2v) is 3.35. The van der Waals surface area contributed by atoms with Gasteiger partial charge in [0.25, 0.3) is 0 Å². The summed E-state index contributed by atoms with van der Waals surface area (Å²) in [6.07, 6.45) is 0. The van der Waals surface area contributed by atoms with Crippen molar-refractivity contribution in [1.82, 2.24) is 5.09 Å². The zero-order chi connectivity index (χ0) is 5.21. The quantitative estimate of drug-likeness (QED) is 0.356. The number of hydrogen-bond donors (Lipinski definition) is 1. The van der Waals surface area contributed by atoms with Gasteiger partial charge in [0.15, 0.2) is 0 Å². The first-order valence-corrected chi connectivity index (χ1v) is 3.85. The maximum Gasteiger partial charge on any atom is 0.144 e. The predicted molar refractivity (Wildman–Crippen MR) is 37.8 cm³/mol. The molecule has 0 saturated heterocycles. The van der Waals surface area contributed by atoms with Crippen LogP contribution in [-0.2, 0) is 0 Å². The Morgan fingerprint density at radius 1 is 1.50 bits per heavy atom. The van der Waals surface area contributed by atoms with E-state index in [-0.39, 0.29) is 0 Å². The summed E-state index contributed by atoms with van der Waals surface area (Å²) in [7, 11) is 2.27. The Kier molecular flexibility index (Phi) is 2.10. The summed E-state index contributed by atoms with van der Waals surface area (Å²) >= 11 is 0. The highest BCUT2D eigenvalue weighted by molar-refractivity contribution is 7.94. The van der Waals surface area contributed by atoms with E-state index in [9.17, 15) is 0 Å². The zero-order valence-corrected chi connectivity index (χ0v) is 4.84. The Morgan fingerprint density at radius 2 is 1.67 bits per heavy atom. The van der Waals surface area contributed by atoms with Gasteiger partial charge in [0, 0.05) is 20.4 Å². The molecule has 0 saturated carbocycles. The van der Waals surface area contributed by atoms with Crippen LogP contribution in [0.3, 0.4) is 0 Å². The average Bonchev–Trinajstić information content (AvgIpc) is 1.35. The molecule has 0 aromatic carbocycles. The van der Waals surface area contributed by atoms with E-state index in [1.807, 2.05) is 0 Å². The third-order valence-electron chi connectivity index (χ3n) is 0.447. The van der Waals surface area contributed by atoms with Crippen LogP contribution in [0.1, 0.15) is 0 Å². The summed E-state index contributed by atoms with van der Waals surface area (Å²) in [6, 6.07) is 0. The monoisotopic (exact) mass is 105 g/mol. The van der Waals surface area contributed by atoms with E-state index in [1.165, 1.54) is 0 Å². The van der Waals surface area contributed by atoms with Crippen LogP contribution in [0, 0.1) is 0 Å². The molecular formula is C3H13BNP. The van der Waals surface area contributed by atoms with Gasteiger partial charge in [-0.3, -0.25) is 0 Å². The van der Waals surface area contributed by atoms with Gasteiger partial charge < -0.3 is 0 Å². The van der Waals surface area contributed by atoms with Crippen molar-refractivity contribution < 1.29 is 0 Å². The van der Waals surface area contributed by atoms with E-state index in [2.05, 4.69) is 25.5 Å². The van der Waals surface area contributed by atoms with Crippen molar-refractivity contribution in [1.29, 1.82) is 0 Å². The molecule has 0 heterocycles. The van der Waals surface area contributed by atoms with Crippen molar-refractivity contribution >= 4 is 14.9 Å². The normalized spacial score (nSPS) is 12.0. The van der Waals surface area contributed by atoms with Crippen LogP contribution in [0.5, 0.6) is 0 Å². The molecule has 0 aliphatic carbocycles. The first-order chi connectivity index (χ1) is 2.56. The standard InChI is InChI=1S/C3H13BNP/c1-5-6(2,3)4/h5H,1-4H3. The van der Waals surface area contributed by atoms with E-state index < -0.39 is 7.29 Å². The van der Waals surface area contributed by atoms with E-state index in [1.54, 1.807) is 0 Å². The van der Waals surface area contributed by atoms with Gasteiger partial charge >= 0.3 is 0 Å². The number of hydrogen-bond acceptors (Lipinski definition) is 1.